The maximum absolute atomic E-state index is 13.8. The van der Waals surface area contributed by atoms with E-state index in [0.717, 1.165) is 6.07 Å². The minimum Gasteiger partial charge on any atom is -0.477 e. The lowest BCUT2D eigenvalue weighted by Crippen LogP contribution is -2.27. The minimum absolute atomic E-state index is 0.0737. The molecule has 0 saturated carbocycles. The van der Waals surface area contributed by atoms with Crippen molar-refractivity contribution in [3.05, 3.63) is 33.6 Å². The van der Waals surface area contributed by atoms with Gasteiger partial charge in [0, 0.05) is 6.61 Å². The van der Waals surface area contributed by atoms with Gasteiger partial charge in [0.15, 0.2) is 5.82 Å². The molecule has 0 aromatic heterocycles. The number of hydrogen-bond acceptors (Lipinski definition) is 5. The number of nitro benzene ring substituents is 1. The van der Waals surface area contributed by atoms with Crippen molar-refractivity contribution in [1.82, 2.24) is 0 Å². The molecule has 1 aliphatic heterocycles. The third kappa shape index (κ3) is 2.69. The summed E-state index contributed by atoms with van der Waals surface area (Å²) in [6.45, 7) is 2.34. The van der Waals surface area contributed by atoms with E-state index in [-0.39, 0.29) is 17.8 Å². The second-order valence-electron chi connectivity index (χ2n) is 4.53. The van der Waals surface area contributed by atoms with Crippen LogP contribution in [0.25, 0.3) is 0 Å². The zero-order valence-corrected chi connectivity index (χ0v) is 10.6. The number of rotatable bonds is 4. The Kier molecular flexibility index (Phi) is 3.84. The van der Waals surface area contributed by atoms with E-state index >= 15 is 0 Å². The van der Waals surface area contributed by atoms with Crippen molar-refractivity contribution >= 4 is 17.3 Å². The van der Waals surface area contributed by atoms with Crippen LogP contribution in [0.5, 0.6) is 0 Å². The summed E-state index contributed by atoms with van der Waals surface area (Å²) in [6, 6.07) is 1.40. The molecule has 0 aliphatic carbocycles. The molecule has 1 fully saturated rings. The molecule has 1 aromatic rings. The molecule has 0 spiro atoms. The smallest absolute Gasteiger partial charge is 0.342 e. The van der Waals surface area contributed by atoms with Crippen LogP contribution in [0.3, 0.4) is 0 Å². The second-order valence-corrected chi connectivity index (χ2v) is 4.53. The van der Waals surface area contributed by atoms with E-state index in [1.807, 2.05) is 6.92 Å². The molecular formula is C12H13FN2O5. The molecule has 0 radical (unpaired) electrons. The number of aromatic carboxylic acids is 1. The third-order valence-corrected chi connectivity index (χ3v) is 3.23. The van der Waals surface area contributed by atoms with E-state index in [1.54, 1.807) is 0 Å². The fourth-order valence-electron chi connectivity index (χ4n) is 2.12. The maximum atomic E-state index is 13.8. The largest absolute Gasteiger partial charge is 0.477 e. The number of carbonyl (C=O) groups is 1. The van der Waals surface area contributed by atoms with Crippen LogP contribution >= 0.6 is 0 Å². The first kappa shape index (κ1) is 14.2. The molecule has 2 rings (SSSR count). The number of benzene rings is 1. The Hall–Kier alpha value is -2.22. The number of halogens is 1. The van der Waals surface area contributed by atoms with Gasteiger partial charge in [-0.2, -0.15) is 0 Å². The van der Waals surface area contributed by atoms with E-state index in [0.29, 0.717) is 19.1 Å². The van der Waals surface area contributed by atoms with Gasteiger partial charge >= 0.3 is 5.97 Å². The number of ether oxygens (including phenoxy) is 1. The highest BCUT2D eigenvalue weighted by atomic mass is 19.1. The molecule has 8 heteroatoms. The number of nitro groups is 1. The van der Waals surface area contributed by atoms with Gasteiger partial charge in [-0.05, 0) is 19.4 Å². The number of carboxylic acid groups (broad SMARTS) is 1. The summed E-state index contributed by atoms with van der Waals surface area (Å²) in [4.78, 5) is 20.8. The Morgan fingerprint density at radius 1 is 1.60 bits per heavy atom. The number of anilines is 1. The van der Waals surface area contributed by atoms with Gasteiger partial charge in [0.2, 0.25) is 0 Å². The van der Waals surface area contributed by atoms with Crippen LogP contribution in [0.4, 0.5) is 15.8 Å². The van der Waals surface area contributed by atoms with Gasteiger partial charge in [0.1, 0.15) is 5.56 Å². The minimum atomic E-state index is -1.48. The zero-order valence-electron chi connectivity index (χ0n) is 10.6. The maximum Gasteiger partial charge on any atom is 0.342 e. The van der Waals surface area contributed by atoms with Crippen LogP contribution in [-0.2, 0) is 4.74 Å². The highest BCUT2D eigenvalue weighted by Crippen LogP contribution is 2.28. The molecule has 2 atom stereocenters. The topological polar surface area (TPSA) is 102 Å². The van der Waals surface area contributed by atoms with Gasteiger partial charge in [-0.15, -0.1) is 0 Å². The molecule has 1 aromatic carbocycles. The van der Waals surface area contributed by atoms with E-state index in [1.165, 1.54) is 0 Å². The normalized spacial score (nSPS) is 21.7. The van der Waals surface area contributed by atoms with Gasteiger partial charge in [-0.1, -0.05) is 0 Å². The molecule has 7 nitrogen and oxygen atoms in total. The standard InChI is InChI=1S/C12H13FN2O5/c1-6-9(2-3-20-6)14-10-4-7(12(16)17)11(15(18)19)5-8(10)13/h4-6,9,14H,2-3H2,1H3,(H,16,17). The lowest BCUT2D eigenvalue weighted by atomic mass is 10.1. The molecule has 1 heterocycles. The van der Waals surface area contributed by atoms with Crippen LogP contribution in [0, 0.1) is 15.9 Å². The van der Waals surface area contributed by atoms with Crippen molar-refractivity contribution in [3.63, 3.8) is 0 Å². The second kappa shape index (κ2) is 5.41. The number of nitrogens with one attached hydrogen (secondary N) is 1. The van der Waals surface area contributed by atoms with Crippen LogP contribution < -0.4 is 5.32 Å². The molecule has 2 N–H and O–H groups in total. The predicted octanol–water partition coefficient (Wildman–Crippen LogP) is 2.02. The first-order valence-electron chi connectivity index (χ1n) is 5.99. The van der Waals surface area contributed by atoms with Crippen molar-refractivity contribution in [3.8, 4) is 0 Å². The van der Waals surface area contributed by atoms with Crippen LogP contribution in [0.15, 0.2) is 12.1 Å². The van der Waals surface area contributed by atoms with Gasteiger partial charge in [-0.3, -0.25) is 10.1 Å². The van der Waals surface area contributed by atoms with Crippen molar-refractivity contribution in [2.75, 3.05) is 11.9 Å². The molecule has 0 bridgehead atoms. The van der Waals surface area contributed by atoms with E-state index in [9.17, 15) is 19.3 Å². The third-order valence-electron chi connectivity index (χ3n) is 3.23. The van der Waals surface area contributed by atoms with Crippen molar-refractivity contribution in [1.29, 1.82) is 0 Å². The number of hydrogen-bond donors (Lipinski definition) is 2. The highest BCUT2D eigenvalue weighted by molar-refractivity contribution is 5.93. The molecule has 0 amide bonds. The van der Waals surface area contributed by atoms with E-state index in [4.69, 9.17) is 9.84 Å². The first-order chi connectivity index (χ1) is 9.40. The summed E-state index contributed by atoms with van der Waals surface area (Å²) in [7, 11) is 0. The fourth-order valence-corrected chi connectivity index (χ4v) is 2.12. The van der Waals surface area contributed by atoms with Crippen molar-refractivity contribution in [2.24, 2.45) is 0 Å². The molecule has 1 aliphatic rings. The Morgan fingerprint density at radius 2 is 2.30 bits per heavy atom. The highest BCUT2D eigenvalue weighted by Gasteiger charge is 2.28. The Morgan fingerprint density at radius 3 is 2.80 bits per heavy atom. The summed E-state index contributed by atoms with van der Waals surface area (Å²) >= 11 is 0. The summed E-state index contributed by atoms with van der Waals surface area (Å²) in [5.74, 6) is -2.34. The van der Waals surface area contributed by atoms with E-state index in [2.05, 4.69) is 5.32 Å². The van der Waals surface area contributed by atoms with Crippen molar-refractivity contribution < 1.29 is 24.0 Å². The Labute approximate surface area is 113 Å². The quantitative estimate of drug-likeness (QED) is 0.648. The van der Waals surface area contributed by atoms with Crippen molar-refractivity contribution in [2.45, 2.75) is 25.5 Å². The molecule has 108 valence electrons. The first-order valence-corrected chi connectivity index (χ1v) is 5.99. The summed E-state index contributed by atoms with van der Waals surface area (Å²) in [5, 5.41) is 22.5. The Bertz CT molecular complexity index is 563. The van der Waals surface area contributed by atoms with Crippen LogP contribution in [0.1, 0.15) is 23.7 Å². The molecule has 1 saturated heterocycles. The summed E-state index contributed by atoms with van der Waals surface area (Å²) in [6.07, 6.45) is 0.512. The monoisotopic (exact) mass is 284 g/mol. The number of nitrogens with zero attached hydrogens (tertiary/aromatic N) is 1. The molecular weight excluding hydrogens is 271 g/mol. The van der Waals surface area contributed by atoms with Gasteiger partial charge in [0.25, 0.3) is 5.69 Å². The van der Waals surface area contributed by atoms with E-state index < -0.39 is 28.0 Å². The Balaban J connectivity index is 2.36. The zero-order chi connectivity index (χ0) is 14.9. The van der Waals surface area contributed by atoms with Gasteiger partial charge in [-0.25, -0.2) is 9.18 Å². The fraction of sp³-hybridized carbons (Fsp3) is 0.417. The lowest BCUT2D eigenvalue weighted by Gasteiger charge is -2.18. The number of carboxylic acids is 1. The average Bonchev–Trinajstić information content (AvgIpc) is 2.76. The average molecular weight is 284 g/mol. The van der Waals surface area contributed by atoms with Crippen LogP contribution in [-0.4, -0.2) is 34.8 Å². The predicted molar refractivity (Wildman–Crippen MR) is 67.5 cm³/mol. The van der Waals surface area contributed by atoms with Crippen LogP contribution in [0.2, 0.25) is 0 Å². The lowest BCUT2D eigenvalue weighted by molar-refractivity contribution is -0.385. The van der Waals surface area contributed by atoms with Gasteiger partial charge in [0.05, 0.1) is 28.8 Å². The molecule has 2 unspecified atom stereocenters. The summed E-state index contributed by atoms with van der Waals surface area (Å²) < 4.78 is 19.1. The summed E-state index contributed by atoms with van der Waals surface area (Å²) in [5.41, 5.74) is -1.39. The SMILES string of the molecule is CC1OCCC1Nc1cc(C(=O)O)c([N+](=O)[O-])cc1F. The van der Waals surface area contributed by atoms with Gasteiger partial charge < -0.3 is 15.2 Å². The molecule has 20 heavy (non-hydrogen) atoms.